The van der Waals surface area contributed by atoms with Crippen LogP contribution in [0.4, 0.5) is 0 Å². The molecule has 2 aromatic rings. The Bertz CT molecular complexity index is 632. The monoisotopic (exact) mass is 312 g/mol. The molecule has 4 heterocycles. The van der Waals surface area contributed by atoms with Crippen molar-refractivity contribution >= 4 is 0 Å². The first-order valence-corrected chi connectivity index (χ1v) is 8.01. The summed E-state index contributed by atoms with van der Waals surface area (Å²) in [4.78, 5) is 15.0. The van der Waals surface area contributed by atoms with Crippen LogP contribution in [0.5, 0.6) is 6.01 Å². The Morgan fingerprint density at radius 3 is 2.74 bits per heavy atom. The molecule has 2 saturated heterocycles. The van der Waals surface area contributed by atoms with Crippen LogP contribution in [0.3, 0.4) is 0 Å². The Balaban J connectivity index is 1.32. The Morgan fingerprint density at radius 2 is 1.96 bits per heavy atom. The highest BCUT2D eigenvalue weighted by Crippen LogP contribution is 2.35. The van der Waals surface area contributed by atoms with E-state index < -0.39 is 0 Å². The fraction of sp³-hybridized carbons (Fsp3) is 0.471. The summed E-state index contributed by atoms with van der Waals surface area (Å²) in [6.07, 6.45) is 7.16. The molecule has 2 aliphatic rings. The minimum atomic E-state index is -0.0769. The van der Waals surface area contributed by atoms with Gasteiger partial charge in [0.1, 0.15) is 6.10 Å². The van der Waals surface area contributed by atoms with Crippen molar-refractivity contribution in [3.05, 3.63) is 48.5 Å². The third kappa shape index (κ3) is 3.33. The van der Waals surface area contributed by atoms with Gasteiger partial charge in [-0.05, 0) is 18.2 Å². The van der Waals surface area contributed by atoms with Gasteiger partial charge in [0, 0.05) is 51.1 Å². The summed E-state index contributed by atoms with van der Waals surface area (Å²) < 4.78 is 12.0. The molecular formula is C17H20N4O2. The predicted octanol–water partition coefficient (Wildman–Crippen LogP) is 1.68. The van der Waals surface area contributed by atoms with Gasteiger partial charge < -0.3 is 9.47 Å². The summed E-state index contributed by atoms with van der Waals surface area (Å²) in [5, 5.41) is 0. The lowest BCUT2D eigenvalue weighted by Gasteiger charge is -2.52. The minimum absolute atomic E-state index is 0.0769. The van der Waals surface area contributed by atoms with Crippen molar-refractivity contribution in [1.82, 2.24) is 19.9 Å². The number of hydrogen-bond acceptors (Lipinski definition) is 6. The molecule has 6 heteroatoms. The van der Waals surface area contributed by atoms with Gasteiger partial charge in [0.2, 0.25) is 0 Å². The van der Waals surface area contributed by atoms with Gasteiger partial charge in [-0.1, -0.05) is 6.07 Å². The largest absolute Gasteiger partial charge is 0.460 e. The molecule has 0 saturated carbocycles. The third-order valence-electron chi connectivity index (χ3n) is 4.40. The molecule has 0 aromatic carbocycles. The van der Waals surface area contributed by atoms with E-state index >= 15 is 0 Å². The summed E-state index contributed by atoms with van der Waals surface area (Å²) in [6.45, 7) is 3.46. The van der Waals surface area contributed by atoms with E-state index in [9.17, 15) is 0 Å². The molecule has 0 unspecified atom stereocenters. The Kier molecular flexibility index (Phi) is 3.93. The number of likely N-dealkylation sites (tertiary alicyclic amines) is 1. The molecule has 6 nitrogen and oxygen atoms in total. The summed E-state index contributed by atoms with van der Waals surface area (Å²) in [6, 6.07) is 8.28. The van der Waals surface area contributed by atoms with Crippen LogP contribution < -0.4 is 4.74 Å². The van der Waals surface area contributed by atoms with Crippen molar-refractivity contribution in [2.24, 2.45) is 0 Å². The number of hydrogen-bond donors (Lipinski definition) is 0. The lowest BCUT2D eigenvalue weighted by Crippen LogP contribution is -2.65. The molecule has 0 aliphatic carbocycles. The lowest BCUT2D eigenvalue weighted by molar-refractivity contribution is -0.188. The molecule has 120 valence electrons. The van der Waals surface area contributed by atoms with Gasteiger partial charge >= 0.3 is 6.01 Å². The summed E-state index contributed by atoms with van der Waals surface area (Å²) in [7, 11) is 0. The second-order valence-corrected chi connectivity index (χ2v) is 6.26. The van der Waals surface area contributed by atoms with Gasteiger partial charge in [0.15, 0.2) is 0 Å². The molecular weight excluding hydrogens is 292 g/mol. The smallest absolute Gasteiger partial charge is 0.316 e. The second-order valence-electron chi connectivity index (χ2n) is 6.26. The first kappa shape index (κ1) is 14.5. The van der Waals surface area contributed by atoms with Gasteiger partial charge in [0.25, 0.3) is 0 Å². The first-order chi connectivity index (χ1) is 11.3. The highest BCUT2D eigenvalue weighted by Gasteiger charge is 2.48. The van der Waals surface area contributed by atoms with E-state index in [0.29, 0.717) is 6.01 Å². The fourth-order valence-electron chi connectivity index (χ4n) is 3.40. The number of rotatable bonds is 4. The number of ether oxygens (including phenoxy) is 2. The molecule has 2 aromatic heterocycles. The molecule has 0 N–H and O–H groups in total. The van der Waals surface area contributed by atoms with Crippen LogP contribution in [0.2, 0.25) is 0 Å². The van der Waals surface area contributed by atoms with Crippen molar-refractivity contribution < 1.29 is 9.47 Å². The maximum absolute atomic E-state index is 6.05. The Labute approximate surface area is 135 Å². The molecule has 2 fully saturated rings. The van der Waals surface area contributed by atoms with E-state index in [0.717, 1.165) is 44.8 Å². The quantitative estimate of drug-likeness (QED) is 0.856. The highest BCUT2D eigenvalue weighted by molar-refractivity contribution is 5.08. The Morgan fingerprint density at radius 1 is 1.13 bits per heavy atom. The van der Waals surface area contributed by atoms with Crippen molar-refractivity contribution in [3.63, 3.8) is 0 Å². The molecule has 4 rings (SSSR count). The normalized spacial score (nSPS) is 23.4. The lowest BCUT2D eigenvalue weighted by atomic mass is 9.84. The molecule has 0 bridgehead atoms. The van der Waals surface area contributed by atoms with Crippen molar-refractivity contribution in [2.75, 3.05) is 19.7 Å². The van der Waals surface area contributed by atoms with Crippen LogP contribution in [0.25, 0.3) is 0 Å². The van der Waals surface area contributed by atoms with Crippen LogP contribution in [0.15, 0.2) is 42.9 Å². The molecule has 1 atom stereocenters. The van der Waals surface area contributed by atoms with Crippen LogP contribution in [-0.4, -0.2) is 51.3 Å². The summed E-state index contributed by atoms with van der Waals surface area (Å²) in [5.74, 6) is 0. The van der Waals surface area contributed by atoms with Gasteiger partial charge in [-0.15, -0.1) is 0 Å². The highest BCUT2D eigenvalue weighted by atomic mass is 16.5. The summed E-state index contributed by atoms with van der Waals surface area (Å²) in [5.41, 5.74) is 1.02. The van der Waals surface area contributed by atoms with Crippen molar-refractivity contribution in [1.29, 1.82) is 0 Å². The number of aromatic nitrogens is 3. The van der Waals surface area contributed by atoms with E-state index in [1.54, 1.807) is 18.5 Å². The van der Waals surface area contributed by atoms with Crippen LogP contribution in [0.1, 0.15) is 18.5 Å². The molecule has 23 heavy (non-hydrogen) atoms. The van der Waals surface area contributed by atoms with Crippen LogP contribution in [0, 0.1) is 0 Å². The zero-order chi connectivity index (χ0) is 15.5. The van der Waals surface area contributed by atoms with E-state index in [1.165, 1.54) is 0 Å². The number of nitrogens with zero attached hydrogens (tertiary/aromatic N) is 4. The third-order valence-corrected chi connectivity index (χ3v) is 4.40. The molecule has 0 radical (unpaired) electrons. The number of pyridine rings is 1. The zero-order valence-electron chi connectivity index (χ0n) is 13.0. The van der Waals surface area contributed by atoms with E-state index in [4.69, 9.17) is 9.47 Å². The van der Waals surface area contributed by atoms with E-state index in [-0.39, 0.29) is 11.7 Å². The fourth-order valence-corrected chi connectivity index (χ4v) is 3.40. The van der Waals surface area contributed by atoms with E-state index in [2.05, 4.69) is 25.9 Å². The second kappa shape index (κ2) is 6.22. The average molecular weight is 312 g/mol. The SMILES string of the molecule is c1ccc(CN2CC3(C[C@H](Oc4ncccn4)CCO3)C2)nc1. The van der Waals surface area contributed by atoms with Crippen LogP contribution in [-0.2, 0) is 11.3 Å². The molecule has 0 amide bonds. The van der Waals surface area contributed by atoms with Gasteiger partial charge in [-0.25, -0.2) is 9.97 Å². The Hall–Kier alpha value is -2.05. The molecule has 1 spiro atoms. The predicted molar refractivity (Wildman–Crippen MR) is 83.9 cm³/mol. The van der Waals surface area contributed by atoms with Crippen molar-refractivity contribution in [2.45, 2.75) is 31.1 Å². The van der Waals surface area contributed by atoms with Gasteiger partial charge in [0.05, 0.1) is 17.9 Å². The van der Waals surface area contributed by atoms with Crippen LogP contribution >= 0.6 is 0 Å². The maximum atomic E-state index is 6.05. The minimum Gasteiger partial charge on any atom is -0.460 e. The van der Waals surface area contributed by atoms with Crippen molar-refractivity contribution in [3.8, 4) is 6.01 Å². The topological polar surface area (TPSA) is 60.4 Å². The standard InChI is InChI=1S/C17H20N4O2/c1-2-6-18-14(4-1)11-21-12-17(13-21)10-15(5-9-22-17)23-16-19-7-3-8-20-16/h1-4,6-8,15H,5,9-13H2/t15-/m1/s1. The average Bonchev–Trinajstić information content (AvgIpc) is 2.56. The van der Waals surface area contributed by atoms with Gasteiger partial charge in [-0.3, -0.25) is 9.88 Å². The van der Waals surface area contributed by atoms with E-state index in [1.807, 2.05) is 18.3 Å². The maximum Gasteiger partial charge on any atom is 0.316 e. The first-order valence-electron chi connectivity index (χ1n) is 8.01. The molecule has 2 aliphatic heterocycles. The zero-order valence-corrected chi connectivity index (χ0v) is 13.0. The summed E-state index contributed by atoms with van der Waals surface area (Å²) >= 11 is 0. The van der Waals surface area contributed by atoms with Gasteiger partial charge in [-0.2, -0.15) is 0 Å².